The second-order valence-corrected chi connectivity index (χ2v) is 7.82. The van der Waals surface area contributed by atoms with Crippen LogP contribution in [0, 0.1) is 0 Å². The van der Waals surface area contributed by atoms with Crippen molar-refractivity contribution in [3.8, 4) is 11.3 Å². The Morgan fingerprint density at radius 2 is 2.07 bits per heavy atom. The molecule has 4 heterocycles. The predicted molar refractivity (Wildman–Crippen MR) is 107 cm³/mol. The van der Waals surface area contributed by atoms with Crippen LogP contribution in [-0.4, -0.2) is 57.7 Å². The Morgan fingerprint density at radius 1 is 1.31 bits per heavy atom. The van der Waals surface area contributed by atoms with Crippen LogP contribution in [0.3, 0.4) is 0 Å². The van der Waals surface area contributed by atoms with Gasteiger partial charge in [-0.1, -0.05) is 6.58 Å². The lowest BCUT2D eigenvalue weighted by Crippen LogP contribution is -2.39. The van der Waals surface area contributed by atoms with Crippen molar-refractivity contribution in [1.82, 2.24) is 19.7 Å². The van der Waals surface area contributed by atoms with Gasteiger partial charge in [-0.15, -0.1) is 0 Å². The van der Waals surface area contributed by atoms with E-state index in [1.165, 1.54) is 6.08 Å². The van der Waals surface area contributed by atoms with Crippen LogP contribution >= 0.6 is 0 Å². The molecule has 1 amide bonds. The van der Waals surface area contributed by atoms with Gasteiger partial charge in [0.2, 0.25) is 5.91 Å². The number of rotatable bonds is 4. The number of alkyl halides is 2. The molecule has 0 saturated carbocycles. The monoisotopic (exact) mass is 401 g/mol. The number of amides is 1. The molecule has 2 aliphatic rings. The zero-order valence-corrected chi connectivity index (χ0v) is 16.5. The molecule has 0 N–H and O–H groups in total. The summed E-state index contributed by atoms with van der Waals surface area (Å²) in [5, 5.41) is 4.55. The van der Waals surface area contributed by atoms with Crippen molar-refractivity contribution < 1.29 is 13.6 Å². The standard InChI is InChI=1S/C21H25F2N5O/c1-3-20(29)28-9-4-15(14-28)17-13-24-19(27-10-6-21(22,23)7-11-27)12-16(17)18-5-8-26(2)25-18/h3,5,8,12-13,15H,1,4,6-7,9-11,14H2,2H3. The molecule has 0 aliphatic carbocycles. The van der Waals surface area contributed by atoms with Gasteiger partial charge in [-0.2, -0.15) is 5.10 Å². The first kappa shape index (κ1) is 19.5. The summed E-state index contributed by atoms with van der Waals surface area (Å²) in [6, 6.07) is 3.90. The Morgan fingerprint density at radius 3 is 2.72 bits per heavy atom. The van der Waals surface area contributed by atoms with Gasteiger partial charge < -0.3 is 9.80 Å². The molecule has 154 valence electrons. The molecule has 2 aliphatic heterocycles. The van der Waals surface area contributed by atoms with Gasteiger partial charge in [-0.3, -0.25) is 9.48 Å². The summed E-state index contributed by atoms with van der Waals surface area (Å²) in [6.45, 7) is 5.43. The van der Waals surface area contributed by atoms with Crippen molar-refractivity contribution in [2.45, 2.75) is 31.1 Å². The molecule has 2 aromatic rings. The van der Waals surface area contributed by atoms with Crippen molar-refractivity contribution in [2.75, 3.05) is 31.1 Å². The summed E-state index contributed by atoms with van der Waals surface area (Å²) < 4.78 is 28.8. The van der Waals surface area contributed by atoms with Crippen molar-refractivity contribution in [2.24, 2.45) is 7.05 Å². The van der Waals surface area contributed by atoms with E-state index >= 15 is 0 Å². The van der Waals surface area contributed by atoms with E-state index in [1.54, 1.807) is 9.58 Å². The lowest BCUT2D eigenvalue weighted by molar-refractivity contribution is -0.125. The molecule has 0 aromatic carbocycles. The molecule has 2 saturated heterocycles. The number of anilines is 1. The highest BCUT2D eigenvalue weighted by Gasteiger charge is 2.35. The maximum atomic E-state index is 13.5. The van der Waals surface area contributed by atoms with Crippen LogP contribution in [0.5, 0.6) is 0 Å². The molecule has 0 radical (unpaired) electrons. The maximum Gasteiger partial charge on any atom is 0.251 e. The number of pyridine rings is 1. The number of carbonyl (C=O) groups excluding carboxylic acids is 1. The minimum Gasteiger partial charge on any atom is -0.356 e. The number of hydrogen-bond acceptors (Lipinski definition) is 4. The summed E-state index contributed by atoms with van der Waals surface area (Å²) in [5.74, 6) is -1.80. The fourth-order valence-corrected chi connectivity index (χ4v) is 4.14. The summed E-state index contributed by atoms with van der Waals surface area (Å²) >= 11 is 0. The largest absolute Gasteiger partial charge is 0.356 e. The van der Waals surface area contributed by atoms with E-state index in [-0.39, 0.29) is 37.8 Å². The van der Waals surface area contributed by atoms with Gasteiger partial charge in [0.15, 0.2) is 0 Å². The Kier molecular flexibility index (Phi) is 5.10. The molecule has 2 aromatic heterocycles. The van der Waals surface area contributed by atoms with E-state index in [2.05, 4.69) is 16.7 Å². The number of likely N-dealkylation sites (tertiary alicyclic amines) is 1. The minimum atomic E-state index is -2.59. The number of piperidine rings is 1. The third kappa shape index (κ3) is 4.02. The fraction of sp³-hybridized carbons (Fsp3) is 0.476. The van der Waals surface area contributed by atoms with Crippen LogP contribution in [0.2, 0.25) is 0 Å². The van der Waals surface area contributed by atoms with Crippen molar-refractivity contribution in [3.63, 3.8) is 0 Å². The van der Waals surface area contributed by atoms with E-state index < -0.39 is 5.92 Å². The molecule has 1 atom stereocenters. The molecule has 6 nitrogen and oxygen atoms in total. The molecule has 29 heavy (non-hydrogen) atoms. The number of hydrogen-bond donors (Lipinski definition) is 0. The molecule has 4 rings (SSSR count). The molecular weight excluding hydrogens is 376 g/mol. The maximum absolute atomic E-state index is 13.5. The van der Waals surface area contributed by atoms with Crippen LogP contribution in [0.15, 0.2) is 37.2 Å². The normalized spacial score (nSPS) is 21.4. The van der Waals surface area contributed by atoms with Crippen LogP contribution in [0.1, 0.15) is 30.7 Å². The highest BCUT2D eigenvalue weighted by Crippen LogP contribution is 2.37. The van der Waals surface area contributed by atoms with Crippen LogP contribution in [-0.2, 0) is 11.8 Å². The summed E-state index contributed by atoms with van der Waals surface area (Å²) in [6.07, 6.45) is 5.58. The third-order valence-electron chi connectivity index (χ3n) is 5.84. The highest BCUT2D eigenvalue weighted by atomic mass is 19.3. The zero-order chi connectivity index (χ0) is 20.6. The van der Waals surface area contributed by atoms with Crippen LogP contribution < -0.4 is 4.90 Å². The molecular formula is C21H25F2N5O. The Balaban J connectivity index is 1.65. The van der Waals surface area contributed by atoms with Crippen molar-refractivity contribution in [3.05, 3.63) is 42.7 Å². The van der Waals surface area contributed by atoms with Gasteiger partial charge >= 0.3 is 0 Å². The van der Waals surface area contributed by atoms with E-state index in [4.69, 9.17) is 0 Å². The number of carbonyl (C=O) groups is 1. The van der Waals surface area contributed by atoms with Crippen LogP contribution in [0.25, 0.3) is 11.3 Å². The average molecular weight is 401 g/mol. The second kappa shape index (κ2) is 7.57. The first-order chi connectivity index (χ1) is 13.9. The summed E-state index contributed by atoms with van der Waals surface area (Å²) in [7, 11) is 1.86. The molecule has 0 spiro atoms. The minimum absolute atomic E-state index is 0.0642. The van der Waals surface area contributed by atoms with E-state index in [9.17, 15) is 13.6 Å². The Labute approximate surface area is 168 Å². The third-order valence-corrected chi connectivity index (χ3v) is 5.84. The topological polar surface area (TPSA) is 54.3 Å². The van der Waals surface area contributed by atoms with E-state index in [0.29, 0.717) is 18.9 Å². The lowest BCUT2D eigenvalue weighted by atomic mass is 9.93. The number of aromatic nitrogens is 3. The summed E-state index contributed by atoms with van der Waals surface area (Å²) in [5.41, 5.74) is 2.81. The first-order valence-corrected chi connectivity index (χ1v) is 9.90. The molecule has 2 fully saturated rings. The SMILES string of the molecule is C=CC(=O)N1CCC(c2cnc(N3CCC(F)(F)CC3)cc2-c2ccn(C)n2)C1. The number of halogens is 2. The number of aryl methyl sites for hydroxylation is 1. The van der Waals surface area contributed by atoms with E-state index in [1.807, 2.05) is 36.5 Å². The highest BCUT2D eigenvalue weighted by molar-refractivity contribution is 5.87. The van der Waals surface area contributed by atoms with Gasteiger partial charge in [-0.05, 0) is 30.2 Å². The molecule has 0 bridgehead atoms. The predicted octanol–water partition coefficient (Wildman–Crippen LogP) is 3.22. The van der Waals surface area contributed by atoms with Gasteiger partial charge in [-0.25, -0.2) is 13.8 Å². The number of nitrogens with zero attached hydrogens (tertiary/aromatic N) is 5. The Bertz CT molecular complexity index is 916. The van der Waals surface area contributed by atoms with Crippen molar-refractivity contribution >= 4 is 11.7 Å². The van der Waals surface area contributed by atoms with Gasteiger partial charge in [0.1, 0.15) is 5.82 Å². The average Bonchev–Trinajstić information content (AvgIpc) is 3.36. The molecule has 8 heteroatoms. The second-order valence-electron chi connectivity index (χ2n) is 7.82. The first-order valence-electron chi connectivity index (χ1n) is 9.90. The smallest absolute Gasteiger partial charge is 0.251 e. The lowest BCUT2D eigenvalue weighted by Gasteiger charge is -2.33. The van der Waals surface area contributed by atoms with Gasteiger partial charge in [0.25, 0.3) is 5.92 Å². The zero-order valence-electron chi connectivity index (χ0n) is 16.5. The van der Waals surface area contributed by atoms with Crippen molar-refractivity contribution in [1.29, 1.82) is 0 Å². The van der Waals surface area contributed by atoms with E-state index in [0.717, 1.165) is 23.2 Å². The van der Waals surface area contributed by atoms with Gasteiger partial charge in [0, 0.05) is 69.9 Å². The fourth-order valence-electron chi connectivity index (χ4n) is 4.14. The quantitative estimate of drug-likeness (QED) is 0.739. The molecule has 1 unspecified atom stereocenters. The van der Waals surface area contributed by atoms with Gasteiger partial charge in [0.05, 0.1) is 5.69 Å². The van der Waals surface area contributed by atoms with Crippen LogP contribution in [0.4, 0.5) is 14.6 Å². The Hall–Kier alpha value is -2.77. The summed E-state index contributed by atoms with van der Waals surface area (Å²) in [4.78, 5) is 20.3.